The predicted octanol–water partition coefficient (Wildman–Crippen LogP) is 12.3. The summed E-state index contributed by atoms with van der Waals surface area (Å²) in [5.41, 5.74) is 14.9. The zero-order chi connectivity index (χ0) is 30.7. The van der Waals surface area contributed by atoms with Crippen LogP contribution in [0.25, 0.3) is 54.2 Å². The molecule has 0 nitrogen and oxygen atoms in total. The van der Waals surface area contributed by atoms with Crippen LogP contribution in [0.5, 0.6) is 0 Å². The van der Waals surface area contributed by atoms with Crippen molar-refractivity contribution in [3.8, 4) is 22.3 Å². The Bertz CT molecular complexity index is 2040. The van der Waals surface area contributed by atoms with Crippen molar-refractivity contribution in [1.82, 2.24) is 0 Å². The van der Waals surface area contributed by atoms with Crippen molar-refractivity contribution in [1.29, 1.82) is 0 Å². The topological polar surface area (TPSA) is 0 Å². The molecular formula is C44H40Si. The summed E-state index contributed by atoms with van der Waals surface area (Å²) in [6, 6.07) is 45.6. The quantitative estimate of drug-likeness (QED) is 0.168. The molecular weight excluding hydrogens is 557 g/mol. The molecule has 2 aliphatic carbocycles. The van der Waals surface area contributed by atoms with Gasteiger partial charge in [-0.3, -0.25) is 0 Å². The van der Waals surface area contributed by atoms with Crippen molar-refractivity contribution in [3.05, 3.63) is 155 Å². The van der Waals surface area contributed by atoms with Gasteiger partial charge in [-0.15, -0.1) is 0 Å². The Hall–Kier alpha value is -4.46. The van der Waals surface area contributed by atoms with Gasteiger partial charge in [0.25, 0.3) is 0 Å². The average molecular weight is 597 g/mol. The molecule has 0 radical (unpaired) electrons. The molecule has 0 heterocycles. The molecule has 0 N–H and O–H groups in total. The lowest BCUT2D eigenvalue weighted by atomic mass is 9.93. The van der Waals surface area contributed by atoms with Crippen molar-refractivity contribution < 1.29 is 0 Å². The summed E-state index contributed by atoms with van der Waals surface area (Å²) in [5.74, 6) is 0. The van der Waals surface area contributed by atoms with Crippen LogP contribution in [0.2, 0.25) is 13.1 Å². The highest BCUT2D eigenvalue weighted by Gasteiger charge is 2.43. The Kier molecular flexibility index (Phi) is 6.77. The van der Waals surface area contributed by atoms with Gasteiger partial charge in [0.1, 0.15) is 8.07 Å². The normalized spacial score (nSPS) is 14.5. The van der Waals surface area contributed by atoms with Crippen LogP contribution in [0.3, 0.4) is 0 Å². The summed E-state index contributed by atoms with van der Waals surface area (Å²) in [4.78, 5) is 0. The van der Waals surface area contributed by atoms with Crippen LogP contribution >= 0.6 is 0 Å². The van der Waals surface area contributed by atoms with Crippen LogP contribution in [-0.4, -0.2) is 8.07 Å². The van der Waals surface area contributed by atoms with Crippen molar-refractivity contribution in [2.75, 3.05) is 0 Å². The minimum Gasteiger partial charge on any atom is -0.0658 e. The van der Waals surface area contributed by atoms with Crippen LogP contribution in [0, 0.1) is 0 Å². The SMILES string of the molecule is CCC1=C([Si](C)(C)C2=C(CC)Cc3cccc(-c4cccc5ccccc45)c32)c2c(cccc2-c2cccc3ccccc23)C1. The standard InChI is InChI=1S/C44H40Si/c1-5-29-27-33-19-13-25-39(37-23-11-17-31-15-7-9-21-35(31)37)41(33)43(29)45(3,4)44-30(6-2)28-34-20-14-26-40(42(34)44)38-24-12-18-32-16-8-10-22-36(32)38/h7-26H,5-6,27-28H2,1-4H3. The summed E-state index contributed by atoms with van der Waals surface area (Å²) in [5, 5.41) is 8.67. The molecule has 0 aliphatic heterocycles. The summed E-state index contributed by atoms with van der Waals surface area (Å²) < 4.78 is 0. The van der Waals surface area contributed by atoms with Crippen LogP contribution < -0.4 is 0 Å². The fourth-order valence-corrected chi connectivity index (χ4v) is 13.1. The number of rotatable bonds is 6. The first-order chi connectivity index (χ1) is 22.0. The van der Waals surface area contributed by atoms with Gasteiger partial charge in [-0.1, -0.05) is 159 Å². The second kappa shape index (κ2) is 10.9. The molecule has 8 rings (SSSR count). The maximum atomic E-state index is 2.66. The molecule has 0 bridgehead atoms. The highest BCUT2D eigenvalue weighted by atomic mass is 28.3. The van der Waals surface area contributed by atoms with E-state index in [4.69, 9.17) is 0 Å². The van der Waals surface area contributed by atoms with Gasteiger partial charge in [0.05, 0.1) is 0 Å². The fraction of sp³-hybridized carbons (Fsp3) is 0.182. The molecule has 45 heavy (non-hydrogen) atoms. The molecule has 0 aromatic heterocycles. The Labute approximate surface area is 268 Å². The van der Waals surface area contributed by atoms with Gasteiger partial charge in [0.15, 0.2) is 0 Å². The molecule has 220 valence electrons. The van der Waals surface area contributed by atoms with Gasteiger partial charge in [-0.05, 0) is 102 Å². The van der Waals surface area contributed by atoms with E-state index in [2.05, 4.69) is 148 Å². The minimum absolute atomic E-state index is 1.07. The smallest absolute Gasteiger partial charge is 0.0658 e. The third kappa shape index (κ3) is 4.32. The lowest BCUT2D eigenvalue weighted by Crippen LogP contribution is -2.32. The Morgan fingerprint density at radius 1 is 0.444 bits per heavy atom. The number of hydrogen-bond donors (Lipinski definition) is 0. The minimum atomic E-state index is -2.21. The number of allylic oxidation sites excluding steroid dienone is 2. The number of hydrogen-bond acceptors (Lipinski definition) is 0. The monoisotopic (exact) mass is 596 g/mol. The van der Waals surface area contributed by atoms with E-state index in [0.717, 1.165) is 25.7 Å². The van der Waals surface area contributed by atoms with E-state index >= 15 is 0 Å². The Morgan fingerprint density at radius 3 is 1.27 bits per heavy atom. The molecule has 2 aliphatic rings. The summed E-state index contributed by atoms with van der Waals surface area (Å²) in [7, 11) is -2.21. The highest BCUT2D eigenvalue weighted by molar-refractivity contribution is 7.09. The van der Waals surface area contributed by atoms with Crippen LogP contribution in [-0.2, 0) is 12.8 Å². The van der Waals surface area contributed by atoms with Crippen LogP contribution in [0.1, 0.15) is 48.9 Å². The van der Waals surface area contributed by atoms with E-state index in [-0.39, 0.29) is 0 Å². The van der Waals surface area contributed by atoms with Crippen LogP contribution in [0.4, 0.5) is 0 Å². The second-order valence-electron chi connectivity index (χ2n) is 13.4. The van der Waals surface area contributed by atoms with E-state index in [1.54, 1.807) is 21.5 Å². The molecule has 0 amide bonds. The zero-order valence-corrected chi connectivity index (χ0v) is 27.9. The molecule has 0 saturated carbocycles. The Balaban J connectivity index is 1.37. The first-order valence-electron chi connectivity index (χ1n) is 16.7. The van der Waals surface area contributed by atoms with Crippen LogP contribution in [0.15, 0.2) is 132 Å². The molecule has 0 atom stereocenters. The Morgan fingerprint density at radius 2 is 0.822 bits per heavy atom. The van der Waals surface area contributed by atoms with Gasteiger partial charge >= 0.3 is 0 Å². The van der Waals surface area contributed by atoms with E-state index in [1.165, 1.54) is 66.1 Å². The van der Waals surface area contributed by atoms with Crippen molar-refractivity contribution in [2.45, 2.75) is 52.6 Å². The maximum absolute atomic E-state index is 2.66. The predicted molar refractivity (Wildman–Crippen MR) is 198 cm³/mol. The molecule has 0 unspecified atom stereocenters. The molecule has 0 saturated heterocycles. The van der Waals surface area contributed by atoms with Gasteiger partial charge < -0.3 is 0 Å². The van der Waals surface area contributed by atoms with Gasteiger partial charge in [0.2, 0.25) is 0 Å². The summed E-state index contributed by atoms with van der Waals surface area (Å²) in [6.07, 6.45) is 4.34. The summed E-state index contributed by atoms with van der Waals surface area (Å²) >= 11 is 0. The average Bonchev–Trinajstić information content (AvgIpc) is 3.67. The first-order valence-corrected chi connectivity index (χ1v) is 19.7. The third-order valence-electron chi connectivity index (χ3n) is 10.6. The molecule has 6 aromatic rings. The maximum Gasteiger partial charge on any atom is 0.113 e. The lowest BCUT2D eigenvalue weighted by molar-refractivity contribution is 1.03. The molecule has 0 fully saturated rings. The molecule has 6 aromatic carbocycles. The molecule has 0 spiro atoms. The first kappa shape index (κ1) is 28.0. The zero-order valence-electron chi connectivity index (χ0n) is 26.9. The fourth-order valence-electron chi connectivity index (χ4n) is 8.68. The van der Waals surface area contributed by atoms with Crippen molar-refractivity contribution in [2.24, 2.45) is 0 Å². The van der Waals surface area contributed by atoms with E-state index in [0.29, 0.717) is 0 Å². The third-order valence-corrected chi connectivity index (χ3v) is 14.3. The molecule has 1 heteroatoms. The van der Waals surface area contributed by atoms with E-state index in [9.17, 15) is 0 Å². The number of benzene rings is 6. The van der Waals surface area contributed by atoms with Gasteiger partial charge in [-0.2, -0.15) is 0 Å². The second-order valence-corrected chi connectivity index (χ2v) is 17.6. The highest BCUT2D eigenvalue weighted by Crippen LogP contribution is 2.54. The van der Waals surface area contributed by atoms with Gasteiger partial charge in [0, 0.05) is 0 Å². The van der Waals surface area contributed by atoms with E-state index < -0.39 is 8.07 Å². The van der Waals surface area contributed by atoms with Crippen molar-refractivity contribution in [3.63, 3.8) is 0 Å². The van der Waals surface area contributed by atoms with Crippen molar-refractivity contribution >= 4 is 40.0 Å². The summed E-state index contributed by atoms with van der Waals surface area (Å²) in [6.45, 7) is 10.1. The largest absolute Gasteiger partial charge is 0.113 e. The van der Waals surface area contributed by atoms with Gasteiger partial charge in [-0.25, -0.2) is 0 Å². The lowest BCUT2D eigenvalue weighted by Gasteiger charge is -2.33. The number of fused-ring (bicyclic) bond motifs is 4. The van der Waals surface area contributed by atoms with E-state index in [1.807, 2.05) is 0 Å².